The van der Waals surface area contributed by atoms with Crippen molar-refractivity contribution in [1.29, 1.82) is 0 Å². The van der Waals surface area contributed by atoms with Crippen LogP contribution in [0.2, 0.25) is 0 Å². The number of nitrogens with one attached hydrogen (secondary N) is 1. The molecule has 0 bridgehead atoms. The Kier molecular flexibility index (Phi) is 3.17. The number of phenols is 3. The quantitative estimate of drug-likeness (QED) is 0.436. The summed E-state index contributed by atoms with van der Waals surface area (Å²) in [4.78, 5) is 3.35. The van der Waals surface area contributed by atoms with Gasteiger partial charge in [0.25, 0.3) is 0 Å². The van der Waals surface area contributed by atoms with E-state index in [0.717, 1.165) is 33.3 Å². The number of aromatic nitrogens is 1. The summed E-state index contributed by atoms with van der Waals surface area (Å²) in [5, 5.41) is 29.8. The molecule has 0 saturated carbocycles. The lowest BCUT2D eigenvalue weighted by molar-refractivity contribution is 0.475. The summed E-state index contributed by atoms with van der Waals surface area (Å²) in [6, 6.07) is 19.2. The number of fused-ring (bicyclic) bond motifs is 1. The Labute approximate surface area is 138 Å². The number of aromatic amines is 1. The standard InChI is InChI=1S/C20H15NO3/c22-14-5-1-12(2-6-14)19-17-10-9-16(24)11-18(17)21-20(19)13-3-7-15(23)8-4-13/h1-11,21-24H. The smallest absolute Gasteiger partial charge is 0.117 e. The Bertz CT molecular complexity index is 1020. The molecule has 0 aliphatic heterocycles. The molecule has 0 spiro atoms. The third kappa shape index (κ3) is 2.34. The fraction of sp³-hybridized carbons (Fsp3) is 0. The van der Waals surface area contributed by atoms with Crippen LogP contribution in [0.3, 0.4) is 0 Å². The first-order valence-corrected chi connectivity index (χ1v) is 7.55. The van der Waals surface area contributed by atoms with Crippen molar-refractivity contribution in [2.24, 2.45) is 0 Å². The highest BCUT2D eigenvalue weighted by atomic mass is 16.3. The van der Waals surface area contributed by atoms with Gasteiger partial charge in [0.1, 0.15) is 17.2 Å². The summed E-state index contributed by atoms with van der Waals surface area (Å²) in [5.41, 5.74) is 4.57. The molecule has 0 unspecified atom stereocenters. The van der Waals surface area contributed by atoms with Crippen LogP contribution in [0.15, 0.2) is 66.7 Å². The van der Waals surface area contributed by atoms with E-state index in [0.29, 0.717) is 0 Å². The molecule has 4 heteroatoms. The minimum Gasteiger partial charge on any atom is -0.508 e. The van der Waals surface area contributed by atoms with Crippen LogP contribution in [0, 0.1) is 0 Å². The number of hydrogen-bond acceptors (Lipinski definition) is 3. The number of benzene rings is 3. The van der Waals surface area contributed by atoms with Crippen molar-refractivity contribution in [3.63, 3.8) is 0 Å². The molecule has 0 aliphatic carbocycles. The fourth-order valence-electron chi connectivity index (χ4n) is 2.96. The van der Waals surface area contributed by atoms with Crippen LogP contribution in [-0.4, -0.2) is 20.3 Å². The van der Waals surface area contributed by atoms with Crippen LogP contribution in [0.4, 0.5) is 0 Å². The number of aromatic hydroxyl groups is 3. The highest BCUT2D eigenvalue weighted by Crippen LogP contribution is 2.39. The Hall–Kier alpha value is -3.40. The van der Waals surface area contributed by atoms with Crippen molar-refractivity contribution in [2.75, 3.05) is 0 Å². The first-order chi connectivity index (χ1) is 11.6. The molecule has 24 heavy (non-hydrogen) atoms. The van der Waals surface area contributed by atoms with Crippen LogP contribution < -0.4 is 0 Å². The van der Waals surface area contributed by atoms with Crippen molar-refractivity contribution in [3.8, 4) is 39.6 Å². The summed E-state index contributed by atoms with van der Waals surface area (Å²) in [5.74, 6) is 0.611. The van der Waals surface area contributed by atoms with Crippen molar-refractivity contribution in [3.05, 3.63) is 66.7 Å². The maximum Gasteiger partial charge on any atom is 0.117 e. The molecule has 0 saturated heterocycles. The molecule has 118 valence electrons. The molecule has 0 aliphatic rings. The van der Waals surface area contributed by atoms with E-state index in [9.17, 15) is 15.3 Å². The SMILES string of the molecule is Oc1ccc(-c2[nH]c3cc(O)ccc3c2-c2ccc(O)cc2)cc1. The van der Waals surface area contributed by atoms with Gasteiger partial charge < -0.3 is 20.3 Å². The Morgan fingerprint density at radius 1 is 0.583 bits per heavy atom. The molecule has 4 nitrogen and oxygen atoms in total. The molecule has 1 aromatic heterocycles. The summed E-state index contributed by atoms with van der Waals surface area (Å²) in [7, 11) is 0. The number of rotatable bonds is 2. The normalized spacial score (nSPS) is 11.0. The van der Waals surface area contributed by atoms with E-state index in [1.165, 1.54) is 0 Å². The van der Waals surface area contributed by atoms with Gasteiger partial charge in [0.15, 0.2) is 0 Å². The Morgan fingerprint density at radius 2 is 1.12 bits per heavy atom. The van der Waals surface area contributed by atoms with E-state index in [-0.39, 0.29) is 17.2 Å². The van der Waals surface area contributed by atoms with Crippen molar-refractivity contribution in [2.45, 2.75) is 0 Å². The lowest BCUT2D eigenvalue weighted by Crippen LogP contribution is -1.82. The molecular formula is C20H15NO3. The summed E-state index contributed by atoms with van der Waals surface area (Å²) in [6.07, 6.45) is 0. The van der Waals surface area contributed by atoms with Crippen molar-refractivity contribution in [1.82, 2.24) is 4.98 Å². The zero-order valence-electron chi connectivity index (χ0n) is 12.7. The second-order valence-corrected chi connectivity index (χ2v) is 5.70. The van der Waals surface area contributed by atoms with Gasteiger partial charge >= 0.3 is 0 Å². The molecule has 4 N–H and O–H groups in total. The predicted molar refractivity (Wildman–Crippen MR) is 94.2 cm³/mol. The molecule has 4 aromatic rings. The molecular weight excluding hydrogens is 302 g/mol. The number of H-pyrrole nitrogens is 1. The van der Waals surface area contributed by atoms with Gasteiger partial charge in [0, 0.05) is 17.0 Å². The Balaban J connectivity index is 2.02. The first kappa shape index (κ1) is 14.2. The van der Waals surface area contributed by atoms with E-state index in [2.05, 4.69) is 4.98 Å². The highest BCUT2D eigenvalue weighted by molar-refractivity contribution is 6.04. The van der Waals surface area contributed by atoms with Crippen LogP contribution in [0.5, 0.6) is 17.2 Å². The second-order valence-electron chi connectivity index (χ2n) is 5.70. The zero-order chi connectivity index (χ0) is 16.7. The summed E-state index contributed by atoms with van der Waals surface area (Å²) in [6.45, 7) is 0. The van der Waals surface area contributed by atoms with Crippen LogP contribution in [-0.2, 0) is 0 Å². The van der Waals surface area contributed by atoms with E-state index < -0.39 is 0 Å². The van der Waals surface area contributed by atoms with Gasteiger partial charge in [0.2, 0.25) is 0 Å². The number of phenolic OH excluding ortho intramolecular Hbond substituents is 3. The minimum absolute atomic E-state index is 0.193. The first-order valence-electron chi connectivity index (χ1n) is 7.55. The van der Waals surface area contributed by atoms with Gasteiger partial charge in [-0.05, 0) is 59.7 Å². The lowest BCUT2D eigenvalue weighted by atomic mass is 9.98. The monoisotopic (exact) mass is 317 g/mol. The second kappa shape index (κ2) is 5.35. The lowest BCUT2D eigenvalue weighted by Gasteiger charge is -2.06. The minimum atomic E-state index is 0.193. The molecule has 0 atom stereocenters. The summed E-state index contributed by atoms with van der Waals surface area (Å²) < 4.78 is 0. The van der Waals surface area contributed by atoms with Gasteiger partial charge in [-0.15, -0.1) is 0 Å². The Morgan fingerprint density at radius 3 is 1.75 bits per heavy atom. The molecule has 0 radical (unpaired) electrons. The van der Waals surface area contributed by atoms with Gasteiger partial charge in [-0.2, -0.15) is 0 Å². The van der Waals surface area contributed by atoms with Crippen LogP contribution in [0.25, 0.3) is 33.3 Å². The zero-order valence-corrected chi connectivity index (χ0v) is 12.7. The third-order valence-corrected chi connectivity index (χ3v) is 4.09. The van der Waals surface area contributed by atoms with Gasteiger partial charge in [-0.3, -0.25) is 0 Å². The topological polar surface area (TPSA) is 76.5 Å². The van der Waals surface area contributed by atoms with Gasteiger partial charge in [0.05, 0.1) is 11.2 Å². The highest BCUT2D eigenvalue weighted by Gasteiger charge is 2.15. The van der Waals surface area contributed by atoms with Crippen molar-refractivity contribution < 1.29 is 15.3 Å². The van der Waals surface area contributed by atoms with E-state index in [4.69, 9.17) is 0 Å². The van der Waals surface area contributed by atoms with Crippen LogP contribution >= 0.6 is 0 Å². The van der Waals surface area contributed by atoms with E-state index >= 15 is 0 Å². The molecule has 1 heterocycles. The average Bonchev–Trinajstić information content (AvgIpc) is 2.94. The number of hydrogen-bond donors (Lipinski definition) is 4. The van der Waals surface area contributed by atoms with E-state index in [1.54, 1.807) is 36.4 Å². The van der Waals surface area contributed by atoms with Gasteiger partial charge in [-0.1, -0.05) is 12.1 Å². The molecule has 4 rings (SSSR count). The maximum absolute atomic E-state index is 9.76. The third-order valence-electron chi connectivity index (χ3n) is 4.09. The fourth-order valence-corrected chi connectivity index (χ4v) is 2.96. The molecule has 0 amide bonds. The van der Waals surface area contributed by atoms with Crippen LogP contribution in [0.1, 0.15) is 0 Å². The predicted octanol–water partition coefficient (Wildman–Crippen LogP) is 4.62. The van der Waals surface area contributed by atoms with Gasteiger partial charge in [-0.25, -0.2) is 0 Å². The maximum atomic E-state index is 9.76. The van der Waals surface area contributed by atoms with Crippen molar-refractivity contribution >= 4 is 10.9 Å². The largest absolute Gasteiger partial charge is 0.508 e. The van der Waals surface area contributed by atoms with E-state index in [1.807, 2.05) is 30.3 Å². The molecule has 0 fully saturated rings. The average molecular weight is 317 g/mol. The molecule has 3 aromatic carbocycles. The summed E-state index contributed by atoms with van der Waals surface area (Å²) >= 11 is 0.